The molecule has 0 aliphatic heterocycles. The van der Waals surface area contributed by atoms with Crippen LogP contribution in [0.2, 0.25) is 0 Å². The van der Waals surface area contributed by atoms with E-state index >= 15 is 0 Å². The quantitative estimate of drug-likeness (QED) is 0.255. The molecule has 0 fully saturated rings. The van der Waals surface area contributed by atoms with Gasteiger partial charge in [-0.1, -0.05) is 15.9 Å². The van der Waals surface area contributed by atoms with Crippen molar-refractivity contribution in [1.29, 1.82) is 0 Å². The van der Waals surface area contributed by atoms with Gasteiger partial charge in [0.25, 0.3) is 0 Å². The molecule has 7 nitrogen and oxygen atoms in total. The average Bonchev–Trinajstić information content (AvgIpc) is 2.82. The average molecular weight is 527 g/mol. The summed E-state index contributed by atoms with van der Waals surface area (Å²) in [5, 5.41) is 0. The van der Waals surface area contributed by atoms with Gasteiger partial charge in [-0.15, -0.1) is 0 Å². The summed E-state index contributed by atoms with van der Waals surface area (Å²) in [5.74, 6) is 2.76. The van der Waals surface area contributed by atoms with Gasteiger partial charge in [0.05, 0.1) is 27.4 Å². The van der Waals surface area contributed by atoms with Gasteiger partial charge < -0.3 is 28.4 Å². The minimum atomic E-state index is 0.533. The van der Waals surface area contributed by atoms with Crippen LogP contribution in [0.3, 0.4) is 0 Å². The van der Waals surface area contributed by atoms with Gasteiger partial charge in [0.15, 0.2) is 23.0 Å². The molecule has 0 amide bonds. The number of methoxy groups -OCH3 is 4. The smallest absolute Gasteiger partial charge is 0.162 e. The molecule has 0 aliphatic carbocycles. The van der Waals surface area contributed by atoms with Gasteiger partial charge in [-0.05, 0) is 49.2 Å². The Balaban J connectivity index is 0.000000331. The van der Waals surface area contributed by atoms with E-state index in [9.17, 15) is 4.79 Å². The van der Waals surface area contributed by atoms with Gasteiger partial charge in [0, 0.05) is 50.3 Å². The number of hydrogen-bond acceptors (Lipinski definition) is 7. The second-order valence-corrected chi connectivity index (χ2v) is 7.97. The molecule has 0 saturated heterocycles. The van der Waals surface area contributed by atoms with Gasteiger partial charge in [0.2, 0.25) is 0 Å². The number of carbonyl (C=O) groups is 1. The number of rotatable bonds is 13. The van der Waals surface area contributed by atoms with Gasteiger partial charge in [0.1, 0.15) is 6.29 Å². The lowest BCUT2D eigenvalue weighted by Crippen LogP contribution is -2.03. The Morgan fingerprint density at radius 2 is 1.18 bits per heavy atom. The Hall–Kier alpha value is -2.29. The van der Waals surface area contributed by atoms with Crippen molar-refractivity contribution in [3.63, 3.8) is 0 Å². The van der Waals surface area contributed by atoms with Crippen molar-refractivity contribution in [3.8, 4) is 23.0 Å². The third-order valence-corrected chi connectivity index (χ3v) is 5.48. The summed E-state index contributed by atoms with van der Waals surface area (Å²) in [6, 6.07) is 7.39. The van der Waals surface area contributed by atoms with Crippen molar-refractivity contribution in [3.05, 3.63) is 45.4 Å². The van der Waals surface area contributed by atoms with E-state index in [-0.39, 0.29) is 0 Å². The number of aldehydes is 1. The molecule has 0 spiro atoms. The monoisotopic (exact) mass is 526 g/mol. The van der Waals surface area contributed by atoms with Crippen LogP contribution in [-0.4, -0.2) is 61.2 Å². The molecule has 0 aromatic heterocycles. The molecular weight excluding hydrogens is 492 g/mol. The second-order valence-electron chi connectivity index (χ2n) is 7.12. The SMILES string of the molecule is COCCCOc1cc(Br)c(C)cc1OC.COCCCOc1cc(C=O)c(C)cc1OC. The van der Waals surface area contributed by atoms with E-state index < -0.39 is 0 Å². The molecule has 33 heavy (non-hydrogen) atoms. The lowest BCUT2D eigenvalue weighted by molar-refractivity contribution is 0.112. The second kappa shape index (κ2) is 16.3. The first-order chi connectivity index (χ1) is 15.9. The van der Waals surface area contributed by atoms with Crippen LogP contribution in [0.1, 0.15) is 34.3 Å². The molecule has 0 radical (unpaired) electrons. The van der Waals surface area contributed by atoms with Crippen molar-refractivity contribution in [1.82, 2.24) is 0 Å². The van der Waals surface area contributed by atoms with E-state index in [0.29, 0.717) is 43.5 Å². The predicted octanol–water partition coefficient (Wildman–Crippen LogP) is 5.41. The molecule has 2 aromatic carbocycles. The first-order valence-corrected chi connectivity index (χ1v) is 11.4. The van der Waals surface area contributed by atoms with Crippen LogP contribution < -0.4 is 18.9 Å². The van der Waals surface area contributed by atoms with E-state index in [4.69, 9.17) is 28.4 Å². The molecule has 0 aliphatic rings. The van der Waals surface area contributed by atoms with E-state index in [0.717, 1.165) is 46.2 Å². The summed E-state index contributed by atoms with van der Waals surface area (Å²) in [7, 11) is 6.56. The highest BCUT2D eigenvalue weighted by atomic mass is 79.9. The lowest BCUT2D eigenvalue weighted by atomic mass is 10.1. The minimum Gasteiger partial charge on any atom is -0.493 e. The maximum absolute atomic E-state index is 10.8. The summed E-state index contributed by atoms with van der Waals surface area (Å²) in [6.45, 7) is 6.39. The number of ether oxygens (including phenoxy) is 6. The van der Waals surface area contributed by atoms with Crippen molar-refractivity contribution in [2.24, 2.45) is 0 Å². The van der Waals surface area contributed by atoms with Crippen LogP contribution in [0.4, 0.5) is 0 Å². The fourth-order valence-electron chi connectivity index (χ4n) is 2.76. The molecule has 0 bridgehead atoms. The Labute approximate surface area is 205 Å². The number of benzene rings is 2. The molecule has 0 unspecified atom stereocenters. The molecule has 2 rings (SSSR count). The number of aryl methyl sites for hydroxylation is 2. The Bertz CT molecular complexity index is 855. The minimum absolute atomic E-state index is 0.533. The maximum atomic E-state index is 10.8. The van der Waals surface area contributed by atoms with Crippen molar-refractivity contribution in [2.75, 3.05) is 54.9 Å². The molecule has 2 aromatic rings. The van der Waals surface area contributed by atoms with E-state index in [1.807, 2.05) is 26.0 Å². The normalized spacial score (nSPS) is 10.2. The molecular formula is C25H35BrO7. The zero-order valence-corrected chi connectivity index (χ0v) is 22.0. The van der Waals surface area contributed by atoms with Crippen LogP contribution in [-0.2, 0) is 9.47 Å². The fourth-order valence-corrected chi connectivity index (χ4v) is 3.08. The van der Waals surface area contributed by atoms with Crippen LogP contribution >= 0.6 is 15.9 Å². The standard InChI is InChI=1S/C13H18O4.C12H17BrO3/c1-10-7-12(16-3)13(8-11(10)9-14)17-6-4-5-15-2;1-9-7-11(15-3)12(8-10(9)13)16-6-4-5-14-2/h7-9H,4-6H2,1-3H3;7-8H,4-6H2,1-3H3. The molecule has 0 saturated carbocycles. The Morgan fingerprint density at radius 3 is 1.64 bits per heavy atom. The third-order valence-electron chi connectivity index (χ3n) is 4.62. The van der Waals surface area contributed by atoms with Crippen molar-refractivity contribution >= 4 is 22.2 Å². The van der Waals surface area contributed by atoms with Crippen LogP contribution in [0.15, 0.2) is 28.7 Å². The van der Waals surface area contributed by atoms with E-state index in [1.165, 1.54) is 0 Å². The summed E-state index contributed by atoms with van der Waals surface area (Å²) in [6.07, 6.45) is 2.48. The van der Waals surface area contributed by atoms with Crippen LogP contribution in [0, 0.1) is 13.8 Å². The van der Waals surface area contributed by atoms with Gasteiger partial charge in [-0.3, -0.25) is 4.79 Å². The first kappa shape index (κ1) is 28.7. The lowest BCUT2D eigenvalue weighted by Gasteiger charge is -2.12. The summed E-state index contributed by atoms with van der Waals surface area (Å²) >= 11 is 3.47. The summed E-state index contributed by atoms with van der Waals surface area (Å²) in [5.41, 5.74) is 2.62. The number of hydrogen-bond donors (Lipinski definition) is 0. The Kier molecular flexibility index (Phi) is 14.2. The van der Waals surface area contributed by atoms with Crippen molar-refractivity contribution < 1.29 is 33.2 Å². The molecule has 0 N–H and O–H groups in total. The Morgan fingerprint density at radius 1 is 0.697 bits per heavy atom. The number of carbonyl (C=O) groups excluding carboxylic acids is 1. The summed E-state index contributed by atoms with van der Waals surface area (Å²) < 4.78 is 32.6. The van der Waals surface area contributed by atoms with E-state index in [1.54, 1.807) is 40.6 Å². The van der Waals surface area contributed by atoms with Gasteiger partial charge in [-0.25, -0.2) is 0 Å². The van der Waals surface area contributed by atoms with Gasteiger partial charge >= 0.3 is 0 Å². The highest BCUT2D eigenvalue weighted by Gasteiger charge is 2.09. The van der Waals surface area contributed by atoms with Crippen molar-refractivity contribution in [2.45, 2.75) is 26.7 Å². The topological polar surface area (TPSA) is 72.5 Å². The highest BCUT2D eigenvalue weighted by molar-refractivity contribution is 9.10. The van der Waals surface area contributed by atoms with E-state index in [2.05, 4.69) is 15.9 Å². The summed E-state index contributed by atoms with van der Waals surface area (Å²) in [4.78, 5) is 10.8. The third kappa shape index (κ3) is 10.0. The largest absolute Gasteiger partial charge is 0.493 e. The first-order valence-electron chi connectivity index (χ1n) is 10.6. The maximum Gasteiger partial charge on any atom is 0.162 e. The van der Waals surface area contributed by atoms with Crippen LogP contribution in [0.5, 0.6) is 23.0 Å². The highest BCUT2D eigenvalue weighted by Crippen LogP contribution is 2.33. The fraction of sp³-hybridized carbons (Fsp3) is 0.480. The molecule has 8 heteroatoms. The molecule has 184 valence electrons. The van der Waals surface area contributed by atoms with Gasteiger partial charge in [-0.2, -0.15) is 0 Å². The van der Waals surface area contributed by atoms with Crippen LogP contribution in [0.25, 0.3) is 0 Å². The zero-order valence-electron chi connectivity index (χ0n) is 20.4. The molecule has 0 heterocycles. The zero-order chi connectivity index (χ0) is 24.6. The molecule has 0 atom stereocenters. The number of halogens is 1. The predicted molar refractivity (Wildman–Crippen MR) is 133 cm³/mol.